The molecule has 0 heterocycles. The van der Waals surface area contributed by atoms with Gasteiger partial charge in [0.1, 0.15) is 11.9 Å². The number of hydrogen-bond acceptors (Lipinski definition) is 3. The quantitative estimate of drug-likeness (QED) is 0.819. The molecule has 0 saturated carbocycles. The molecule has 0 amide bonds. The maximum atomic E-state index is 13.0. The standard InChI is InChI=1S/C13H18FNO2/c1-8-6-11(14)4-5-12(8)9(2)10(3)17-13(16)7-15/h4-6,9-10H,7,15H2,1-3H3/t9-,10+/m0/s1. The van der Waals surface area contributed by atoms with Gasteiger partial charge in [-0.15, -0.1) is 0 Å². The van der Waals surface area contributed by atoms with Crippen molar-refractivity contribution in [3.8, 4) is 0 Å². The number of benzene rings is 1. The summed E-state index contributed by atoms with van der Waals surface area (Å²) in [5, 5.41) is 0. The highest BCUT2D eigenvalue weighted by molar-refractivity contribution is 5.71. The third-order valence-electron chi connectivity index (χ3n) is 2.91. The lowest BCUT2D eigenvalue weighted by Gasteiger charge is -2.22. The molecule has 0 bridgehead atoms. The lowest BCUT2D eigenvalue weighted by Crippen LogP contribution is -2.25. The Kier molecular flexibility index (Phi) is 4.63. The second kappa shape index (κ2) is 5.77. The van der Waals surface area contributed by atoms with E-state index in [2.05, 4.69) is 0 Å². The number of esters is 1. The van der Waals surface area contributed by atoms with Gasteiger partial charge < -0.3 is 10.5 Å². The Morgan fingerprint density at radius 3 is 2.65 bits per heavy atom. The molecule has 0 radical (unpaired) electrons. The van der Waals surface area contributed by atoms with Crippen LogP contribution in [0.1, 0.15) is 30.9 Å². The second-order valence-electron chi connectivity index (χ2n) is 4.19. The molecule has 3 nitrogen and oxygen atoms in total. The number of rotatable bonds is 4. The Morgan fingerprint density at radius 2 is 2.12 bits per heavy atom. The molecular formula is C13H18FNO2. The van der Waals surface area contributed by atoms with Gasteiger partial charge in [-0.2, -0.15) is 0 Å². The van der Waals surface area contributed by atoms with Crippen molar-refractivity contribution in [3.05, 3.63) is 35.1 Å². The summed E-state index contributed by atoms with van der Waals surface area (Å²) in [5.41, 5.74) is 7.02. The average Bonchev–Trinajstić information content (AvgIpc) is 2.28. The molecule has 0 aliphatic carbocycles. The summed E-state index contributed by atoms with van der Waals surface area (Å²) in [5.74, 6) is -0.680. The minimum Gasteiger partial charge on any atom is -0.461 e. The minimum atomic E-state index is -0.427. The van der Waals surface area contributed by atoms with E-state index >= 15 is 0 Å². The summed E-state index contributed by atoms with van der Waals surface area (Å²) in [7, 11) is 0. The van der Waals surface area contributed by atoms with Gasteiger partial charge >= 0.3 is 5.97 Å². The summed E-state index contributed by atoms with van der Waals surface area (Å²) in [6, 6.07) is 4.61. The number of hydrogen-bond donors (Lipinski definition) is 1. The molecule has 94 valence electrons. The Hall–Kier alpha value is -1.42. The highest BCUT2D eigenvalue weighted by Gasteiger charge is 2.19. The van der Waals surface area contributed by atoms with Crippen LogP contribution in [0.15, 0.2) is 18.2 Å². The summed E-state index contributed by atoms with van der Waals surface area (Å²) in [4.78, 5) is 11.1. The monoisotopic (exact) mass is 239 g/mol. The van der Waals surface area contributed by atoms with Crippen LogP contribution in [-0.2, 0) is 9.53 Å². The largest absolute Gasteiger partial charge is 0.461 e. The highest BCUT2D eigenvalue weighted by atomic mass is 19.1. The summed E-state index contributed by atoms with van der Waals surface area (Å²) in [6.45, 7) is 5.46. The molecular weight excluding hydrogens is 221 g/mol. The second-order valence-corrected chi connectivity index (χ2v) is 4.19. The summed E-state index contributed by atoms with van der Waals surface area (Å²) >= 11 is 0. The van der Waals surface area contributed by atoms with Crippen LogP contribution in [0, 0.1) is 12.7 Å². The Labute approximate surface area is 101 Å². The Morgan fingerprint density at radius 1 is 1.47 bits per heavy atom. The number of nitrogens with two attached hydrogens (primary N) is 1. The molecule has 17 heavy (non-hydrogen) atoms. The van der Waals surface area contributed by atoms with Crippen molar-refractivity contribution in [3.63, 3.8) is 0 Å². The van der Waals surface area contributed by atoms with E-state index in [0.717, 1.165) is 11.1 Å². The van der Waals surface area contributed by atoms with Crippen molar-refractivity contribution in [2.75, 3.05) is 6.54 Å². The van der Waals surface area contributed by atoms with Gasteiger partial charge in [-0.3, -0.25) is 4.79 Å². The molecule has 0 aliphatic heterocycles. The first-order valence-corrected chi connectivity index (χ1v) is 5.61. The number of aryl methyl sites for hydroxylation is 1. The third kappa shape index (κ3) is 3.53. The predicted octanol–water partition coefficient (Wildman–Crippen LogP) is 2.13. The fraction of sp³-hybridized carbons (Fsp3) is 0.462. The zero-order valence-electron chi connectivity index (χ0n) is 10.4. The van der Waals surface area contributed by atoms with Gasteiger partial charge in [-0.1, -0.05) is 13.0 Å². The predicted molar refractivity (Wildman–Crippen MR) is 64.2 cm³/mol. The molecule has 0 saturated heterocycles. The summed E-state index contributed by atoms with van der Waals surface area (Å²) < 4.78 is 18.1. The number of carbonyl (C=O) groups is 1. The van der Waals surface area contributed by atoms with Crippen LogP contribution in [0.3, 0.4) is 0 Å². The van der Waals surface area contributed by atoms with Gasteiger partial charge in [-0.25, -0.2) is 4.39 Å². The van der Waals surface area contributed by atoms with E-state index in [1.807, 2.05) is 13.8 Å². The van der Waals surface area contributed by atoms with Crippen molar-refractivity contribution in [2.45, 2.75) is 32.8 Å². The van der Waals surface area contributed by atoms with Crippen LogP contribution in [-0.4, -0.2) is 18.6 Å². The van der Waals surface area contributed by atoms with Crippen molar-refractivity contribution < 1.29 is 13.9 Å². The van der Waals surface area contributed by atoms with Crippen molar-refractivity contribution in [1.29, 1.82) is 0 Å². The van der Waals surface area contributed by atoms with E-state index in [1.165, 1.54) is 12.1 Å². The van der Waals surface area contributed by atoms with Gasteiger partial charge in [-0.05, 0) is 37.1 Å². The van der Waals surface area contributed by atoms with E-state index in [1.54, 1.807) is 13.0 Å². The lowest BCUT2D eigenvalue weighted by molar-refractivity contribution is -0.147. The molecule has 4 heteroatoms. The zero-order valence-corrected chi connectivity index (χ0v) is 10.4. The van der Waals surface area contributed by atoms with Crippen molar-refractivity contribution in [1.82, 2.24) is 0 Å². The average molecular weight is 239 g/mol. The van der Waals surface area contributed by atoms with Gasteiger partial charge in [0, 0.05) is 5.92 Å². The van der Waals surface area contributed by atoms with Crippen LogP contribution in [0.5, 0.6) is 0 Å². The van der Waals surface area contributed by atoms with Gasteiger partial charge in [0.25, 0.3) is 0 Å². The Bertz CT molecular complexity index is 406. The topological polar surface area (TPSA) is 52.3 Å². The highest BCUT2D eigenvalue weighted by Crippen LogP contribution is 2.25. The van der Waals surface area contributed by atoms with Crippen LogP contribution in [0.4, 0.5) is 4.39 Å². The molecule has 2 N–H and O–H groups in total. The Balaban J connectivity index is 2.81. The van der Waals surface area contributed by atoms with E-state index in [4.69, 9.17) is 10.5 Å². The number of ether oxygens (including phenoxy) is 1. The molecule has 1 rings (SSSR count). The molecule has 0 spiro atoms. The van der Waals surface area contributed by atoms with Crippen molar-refractivity contribution >= 4 is 5.97 Å². The van der Waals surface area contributed by atoms with Crippen LogP contribution < -0.4 is 5.73 Å². The fourth-order valence-corrected chi connectivity index (χ4v) is 1.76. The first kappa shape index (κ1) is 13.6. The molecule has 2 atom stereocenters. The molecule has 1 aromatic carbocycles. The van der Waals surface area contributed by atoms with Crippen LogP contribution in [0.25, 0.3) is 0 Å². The van der Waals surface area contributed by atoms with Crippen LogP contribution >= 0.6 is 0 Å². The molecule has 0 aliphatic rings. The van der Waals surface area contributed by atoms with E-state index < -0.39 is 5.97 Å². The van der Waals surface area contributed by atoms with Crippen molar-refractivity contribution in [2.24, 2.45) is 5.73 Å². The third-order valence-corrected chi connectivity index (χ3v) is 2.91. The van der Waals surface area contributed by atoms with E-state index in [9.17, 15) is 9.18 Å². The van der Waals surface area contributed by atoms with E-state index in [-0.39, 0.29) is 24.4 Å². The lowest BCUT2D eigenvalue weighted by atomic mass is 9.92. The first-order chi connectivity index (χ1) is 7.95. The number of halogens is 1. The normalized spacial score (nSPS) is 14.2. The fourth-order valence-electron chi connectivity index (χ4n) is 1.76. The zero-order chi connectivity index (χ0) is 13.0. The molecule has 0 aromatic heterocycles. The molecule has 0 fully saturated rings. The van der Waals surface area contributed by atoms with Gasteiger partial charge in [0.2, 0.25) is 0 Å². The summed E-state index contributed by atoms with van der Waals surface area (Å²) in [6.07, 6.45) is -0.282. The SMILES string of the molecule is Cc1cc(F)ccc1[C@@H](C)[C@@H](C)OC(=O)CN. The van der Waals surface area contributed by atoms with E-state index in [0.29, 0.717) is 0 Å². The number of carbonyl (C=O) groups excluding carboxylic acids is 1. The van der Waals surface area contributed by atoms with Crippen LogP contribution in [0.2, 0.25) is 0 Å². The first-order valence-electron chi connectivity index (χ1n) is 5.61. The maximum absolute atomic E-state index is 13.0. The van der Waals surface area contributed by atoms with Gasteiger partial charge in [0.15, 0.2) is 0 Å². The molecule has 0 unspecified atom stereocenters. The van der Waals surface area contributed by atoms with Gasteiger partial charge in [0.05, 0.1) is 6.54 Å². The molecule has 1 aromatic rings. The minimum absolute atomic E-state index is 0.00565. The smallest absolute Gasteiger partial charge is 0.319 e. The maximum Gasteiger partial charge on any atom is 0.319 e.